The highest BCUT2D eigenvalue weighted by Crippen LogP contribution is 2.29. The molecule has 1 aromatic carbocycles. The Bertz CT molecular complexity index is 530. The highest BCUT2D eigenvalue weighted by molar-refractivity contribution is 6.18. The number of benzene rings is 1. The molecule has 1 aliphatic heterocycles. The molecule has 0 saturated carbocycles. The van der Waals surface area contributed by atoms with E-state index in [2.05, 4.69) is 4.74 Å². The van der Waals surface area contributed by atoms with Crippen LogP contribution in [0.2, 0.25) is 0 Å². The predicted octanol–water partition coefficient (Wildman–Crippen LogP) is 0.919. The van der Waals surface area contributed by atoms with Crippen LogP contribution >= 0.6 is 0 Å². The third kappa shape index (κ3) is 2.37. The van der Waals surface area contributed by atoms with Crippen LogP contribution in [0, 0.1) is 0 Å². The minimum Gasteiger partial charge on any atom is -0.467 e. The van der Waals surface area contributed by atoms with E-state index in [0.717, 1.165) is 7.11 Å². The summed E-state index contributed by atoms with van der Waals surface area (Å²) in [5.41, 5.74) is -0.897. The van der Waals surface area contributed by atoms with Crippen LogP contribution in [0.1, 0.15) is 12.5 Å². The first kappa shape index (κ1) is 13.3. The Kier molecular flexibility index (Phi) is 3.40. The van der Waals surface area contributed by atoms with Gasteiger partial charge in [0.15, 0.2) is 11.7 Å². The summed E-state index contributed by atoms with van der Waals surface area (Å²) in [6.45, 7) is 1.25. The van der Waals surface area contributed by atoms with E-state index in [1.807, 2.05) is 6.07 Å². The Hall–Kier alpha value is -2.14. The number of esters is 2. The first-order chi connectivity index (χ1) is 8.96. The van der Waals surface area contributed by atoms with Crippen molar-refractivity contribution >= 4 is 17.5 Å². The molecular formula is C14H14O5. The van der Waals surface area contributed by atoms with E-state index in [1.54, 1.807) is 24.3 Å². The molecular weight excluding hydrogens is 248 g/mol. The second-order valence-corrected chi connectivity index (χ2v) is 4.41. The summed E-state index contributed by atoms with van der Waals surface area (Å²) >= 11 is 0. The Labute approximate surface area is 110 Å². The number of methoxy groups -OCH3 is 1. The maximum absolute atomic E-state index is 11.8. The van der Waals surface area contributed by atoms with Crippen molar-refractivity contribution in [2.45, 2.75) is 18.6 Å². The Morgan fingerprint density at radius 2 is 2.00 bits per heavy atom. The molecule has 0 spiro atoms. The molecule has 0 radical (unpaired) electrons. The lowest BCUT2D eigenvalue weighted by Crippen LogP contribution is -2.47. The standard InChI is InChI=1S/C14H14O5/c1-14(17,13(16)18-2)11-8-10(12(15)19-11)9-6-4-3-5-7-9/h3-8,11,17H,1-2H3/t11-,14+/m1/s1. The molecule has 2 atom stereocenters. The molecule has 2 rings (SSSR count). The van der Waals surface area contributed by atoms with Crippen molar-refractivity contribution < 1.29 is 24.2 Å². The number of cyclic esters (lactones) is 1. The quantitative estimate of drug-likeness (QED) is 0.820. The number of hydrogen-bond acceptors (Lipinski definition) is 5. The van der Waals surface area contributed by atoms with Crippen molar-refractivity contribution in [1.29, 1.82) is 0 Å². The van der Waals surface area contributed by atoms with Crippen molar-refractivity contribution in [2.24, 2.45) is 0 Å². The SMILES string of the molecule is COC(=O)[C@@](C)(O)[C@H]1C=C(c2ccccc2)C(=O)O1. The second-order valence-electron chi connectivity index (χ2n) is 4.41. The van der Waals surface area contributed by atoms with Crippen molar-refractivity contribution in [3.8, 4) is 0 Å². The van der Waals surface area contributed by atoms with E-state index >= 15 is 0 Å². The minimum atomic E-state index is -1.90. The van der Waals surface area contributed by atoms with Crippen LogP contribution in [-0.4, -0.2) is 35.9 Å². The zero-order chi connectivity index (χ0) is 14.0. The summed E-state index contributed by atoms with van der Waals surface area (Å²) in [7, 11) is 1.16. The molecule has 1 heterocycles. The Balaban J connectivity index is 2.32. The largest absolute Gasteiger partial charge is 0.467 e. The van der Waals surface area contributed by atoms with Gasteiger partial charge in [0.25, 0.3) is 0 Å². The zero-order valence-corrected chi connectivity index (χ0v) is 10.6. The van der Waals surface area contributed by atoms with Crippen LogP contribution in [0.3, 0.4) is 0 Å². The lowest BCUT2D eigenvalue weighted by Gasteiger charge is -2.24. The van der Waals surface area contributed by atoms with Gasteiger partial charge in [-0.25, -0.2) is 9.59 Å². The van der Waals surface area contributed by atoms with E-state index in [4.69, 9.17) is 4.74 Å². The predicted molar refractivity (Wildman–Crippen MR) is 66.9 cm³/mol. The summed E-state index contributed by atoms with van der Waals surface area (Å²) in [4.78, 5) is 23.3. The monoisotopic (exact) mass is 262 g/mol. The molecule has 0 amide bonds. The van der Waals surface area contributed by atoms with Gasteiger partial charge in [-0.2, -0.15) is 0 Å². The molecule has 5 heteroatoms. The molecule has 1 aromatic rings. The normalized spacial score (nSPS) is 21.3. The van der Waals surface area contributed by atoms with Crippen molar-refractivity contribution in [2.75, 3.05) is 7.11 Å². The van der Waals surface area contributed by atoms with Crippen LogP contribution < -0.4 is 0 Å². The van der Waals surface area contributed by atoms with Crippen LogP contribution in [0.15, 0.2) is 36.4 Å². The average Bonchev–Trinajstić information content (AvgIpc) is 2.81. The number of rotatable bonds is 3. The van der Waals surface area contributed by atoms with E-state index in [0.29, 0.717) is 11.1 Å². The number of carbonyl (C=O) groups excluding carboxylic acids is 2. The molecule has 0 saturated heterocycles. The van der Waals surface area contributed by atoms with Gasteiger partial charge in [0.2, 0.25) is 0 Å². The van der Waals surface area contributed by atoms with Crippen LogP contribution in [-0.2, 0) is 19.1 Å². The van der Waals surface area contributed by atoms with E-state index < -0.39 is 23.6 Å². The molecule has 19 heavy (non-hydrogen) atoms. The average molecular weight is 262 g/mol. The summed E-state index contributed by atoms with van der Waals surface area (Å²) < 4.78 is 9.53. The maximum atomic E-state index is 11.8. The van der Waals surface area contributed by atoms with Gasteiger partial charge in [0.05, 0.1) is 12.7 Å². The highest BCUT2D eigenvalue weighted by Gasteiger charge is 2.45. The molecule has 0 aromatic heterocycles. The topological polar surface area (TPSA) is 72.8 Å². The molecule has 100 valence electrons. The number of aliphatic hydroxyl groups is 1. The molecule has 5 nitrogen and oxygen atoms in total. The van der Waals surface area contributed by atoms with Gasteiger partial charge in [0.1, 0.15) is 0 Å². The van der Waals surface area contributed by atoms with Gasteiger partial charge in [-0.15, -0.1) is 0 Å². The zero-order valence-electron chi connectivity index (χ0n) is 10.6. The van der Waals surface area contributed by atoms with Crippen molar-refractivity contribution in [3.63, 3.8) is 0 Å². The lowest BCUT2D eigenvalue weighted by molar-refractivity contribution is -0.174. The number of ether oxygens (including phenoxy) is 2. The third-order valence-corrected chi connectivity index (χ3v) is 3.01. The molecule has 1 aliphatic rings. The Morgan fingerprint density at radius 1 is 1.37 bits per heavy atom. The van der Waals surface area contributed by atoms with Gasteiger partial charge in [-0.3, -0.25) is 0 Å². The smallest absolute Gasteiger partial charge is 0.341 e. The van der Waals surface area contributed by atoms with E-state index in [9.17, 15) is 14.7 Å². The van der Waals surface area contributed by atoms with Crippen LogP contribution in [0.4, 0.5) is 0 Å². The second kappa shape index (κ2) is 4.85. The molecule has 0 bridgehead atoms. The van der Waals surface area contributed by atoms with Gasteiger partial charge >= 0.3 is 11.9 Å². The fraction of sp³-hybridized carbons (Fsp3) is 0.286. The third-order valence-electron chi connectivity index (χ3n) is 3.01. The van der Waals surface area contributed by atoms with Crippen molar-refractivity contribution in [1.82, 2.24) is 0 Å². The minimum absolute atomic E-state index is 0.328. The maximum Gasteiger partial charge on any atom is 0.341 e. The number of carbonyl (C=O) groups is 2. The van der Waals surface area contributed by atoms with Gasteiger partial charge in [-0.1, -0.05) is 30.3 Å². The van der Waals surface area contributed by atoms with Crippen molar-refractivity contribution in [3.05, 3.63) is 42.0 Å². The highest BCUT2D eigenvalue weighted by atomic mass is 16.6. The van der Waals surface area contributed by atoms with Gasteiger partial charge in [0, 0.05) is 0 Å². The number of hydrogen-bond donors (Lipinski definition) is 1. The van der Waals surface area contributed by atoms with Gasteiger partial charge < -0.3 is 14.6 Å². The summed E-state index contributed by atoms with van der Waals surface area (Å²) in [5.74, 6) is -1.42. The fourth-order valence-electron chi connectivity index (χ4n) is 1.86. The Morgan fingerprint density at radius 3 is 2.58 bits per heavy atom. The van der Waals surface area contributed by atoms with Crippen LogP contribution in [0.5, 0.6) is 0 Å². The molecule has 0 aliphatic carbocycles. The van der Waals surface area contributed by atoms with Gasteiger partial charge in [-0.05, 0) is 18.6 Å². The molecule has 0 fully saturated rings. The summed E-state index contributed by atoms with van der Waals surface area (Å²) in [6, 6.07) is 8.90. The van der Waals surface area contributed by atoms with E-state index in [1.165, 1.54) is 13.0 Å². The summed E-state index contributed by atoms with van der Waals surface area (Å²) in [6.07, 6.45) is 0.386. The van der Waals surface area contributed by atoms with E-state index in [-0.39, 0.29) is 0 Å². The summed E-state index contributed by atoms with van der Waals surface area (Å²) in [5, 5.41) is 10.1. The lowest BCUT2D eigenvalue weighted by atomic mass is 9.97. The first-order valence-electron chi connectivity index (χ1n) is 5.76. The first-order valence-corrected chi connectivity index (χ1v) is 5.76. The van der Waals surface area contributed by atoms with Crippen LogP contribution in [0.25, 0.3) is 5.57 Å². The molecule has 0 unspecified atom stereocenters. The fourth-order valence-corrected chi connectivity index (χ4v) is 1.86. The molecule has 1 N–H and O–H groups in total.